The van der Waals surface area contributed by atoms with Gasteiger partial charge in [-0.15, -0.1) is 11.8 Å². The monoisotopic (exact) mass is 395 g/mol. The molecular formula is C18H29N5O3S. The van der Waals surface area contributed by atoms with Crippen molar-refractivity contribution in [1.82, 2.24) is 10.4 Å². The molecule has 150 valence electrons. The number of hydrogen-bond donors (Lipinski definition) is 3. The van der Waals surface area contributed by atoms with Crippen molar-refractivity contribution < 1.29 is 14.3 Å². The van der Waals surface area contributed by atoms with Gasteiger partial charge in [0.2, 0.25) is 18.2 Å². The van der Waals surface area contributed by atoms with E-state index in [0.29, 0.717) is 24.8 Å². The van der Waals surface area contributed by atoms with Crippen molar-refractivity contribution in [2.75, 3.05) is 25.4 Å². The van der Waals surface area contributed by atoms with Gasteiger partial charge in [-0.25, -0.2) is 11.7 Å². The Hall–Kier alpha value is -2.49. The summed E-state index contributed by atoms with van der Waals surface area (Å²) >= 11 is 1.66. The van der Waals surface area contributed by atoms with Crippen LogP contribution in [0.1, 0.15) is 19.4 Å². The molecule has 0 fully saturated rings. The summed E-state index contributed by atoms with van der Waals surface area (Å²) in [7, 11) is 3.39. The summed E-state index contributed by atoms with van der Waals surface area (Å²) in [6.45, 7) is 4.40. The van der Waals surface area contributed by atoms with Crippen LogP contribution in [0.15, 0.2) is 41.3 Å². The number of nitrogens with one attached hydrogen (secondary N) is 1. The third kappa shape index (κ3) is 8.63. The highest BCUT2D eigenvalue weighted by molar-refractivity contribution is 7.98. The number of aromatic nitrogens is 1. The van der Waals surface area contributed by atoms with E-state index in [-0.39, 0.29) is 0 Å². The molecule has 2 aromatic rings. The van der Waals surface area contributed by atoms with Gasteiger partial charge in [-0.3, -0.25) is 10.2 Å². The lowest BCUT2D eigenvalue weighted by atomic mass is 10.2. The van der Waals surface area contributed by atoms with E-state index >= 15 is 0 Å². The molecule has 2 rings (SSSR count). The van der Waals surface area contributed by atoms with Gasteiger partial charge in [-0.2, -0.15) is 4.98 Å². The Morgan fingerprint density at radius 2 is 1.81 bits per heavy atom. The summed E-state index contributed by atoms with van der Waals surface area (Å²) < 4.78 is 10.9. The molecule has 0 spiro atoms. The predicted molar refractivity (Wildman–Crippen MR) is 111 cm³/mol. The van der Waals surface area contributed by atoms with Gasteiger partial charge in [0.05, 0.1) is 12.8 Å². The van der Waals surface area contributed by atoms with E-state index in [9.17, 15) is 0 Å². The van der Waals surface area contributed by atoms with Crippen molar-refractivity contribution in [3.63, 3.8) is 0 Å². The van der Waals surface area contributed by atoms with Crippen LogP contribution in [0, 0.1) is 0 Å². The molecule has 0 aliphatic carbocycles. The van der Waals surface area contributed by atoms with Gasteiger partial charge < -0.3 is 14.5 Å². The zero-order valence-corrected chi connectivity index (χ0v) is 17.2. The van der Waals surface area contributed by atoms with E-state index in [4.69, 9.17) is 20.1 Å². The Balaban J connectivity index is 0.000000998. The van der Waals surface area contributed by atoms with Gasteiger partial charge in [0, 0.05) is 29.6 Å². The van der Waals surface area contributed by atoms with Crippen molar-refractivity contribution in [1.29, 1.82) is 0 Å². The third-order valence-corrected chi connectivity index (χ3v) is 3.87. The first-order chi connectivity index (χ1) is 13.1. The fraction of sp³-hybridized carbons (Fsp3) is 0.333. The summed E-state index contributed by atoms with van der Waals surface area (Å²) in [4.78, 5) is 14.3. The van der Waals surface area contributed by atoms with E-state index in [1.807, 2.05) is 45.4 Å². The van der Waals surface area contributed by atoms with Crippen LogP contribution in [0.5, 0.6) is 11.8 Å². The topological polar surface area (TPSA) is 116 Å². The van der Waals surface area contributed by atoms with Gasteiger partial charge in [0.15, 0.2) is 0 Å². The molecule has 0 unspecified atom stereocenters. The Bertz CT molecular complexity index is 671. The normalized spacial score (nSPS) is 9.00. The zero-order chi connectivity index (χ0) is 20.7. The molecule has 0 saturated heterocycles. The molecule has 0 aliphatic rings. The molecule has 0 aliphatic heterocycles. The number of hydrogen-bond acceptors (Lipinski definition) is 8. The van der Waals surface area contributed by atoms with Crippen molar-refractivity contribution >= 4 is 23.9 Å². The first kappa shape index (κ1) is 24.5. The number of rotatable bonds is 7. The summed E-state index contributed by atoms with van der Waals surface area (Å²) in [5, 5.41) is 1.59. The quantitative estimate of drug-likeness (QED) is 0.215. The maximum absolute atomic E-state index is 8.94. The average Bonchev–Trinajstić information content (AvgIpc) is 2.73. The number of nitrogens with two attached hydrogens (primary N) is 2. The van der Waals surface area contributed by atoms with Crippen LogP contribution < -0.4 is 31.6 Å². The standard InChI is InChI=1S/C15H19N3O2S.C2H6.CH4N2O/c1-18(16)12-6-4-7-13(21-3)11(12)10-20-15-9-5-8-14(17-15)19-2;1-2;2-3-1-4/h4-9H,10,16H2,1-3H3;1-2H3;1H,2H2,(H,3,4). The minimum absolute atomic E-state index is 0.397. The van der Waals surface area contributed by atoms with Crippen LogP contribution in [-0.2, 0) is 11.4 Å². The van der Waals surface area contributed by atoms with Crippen molar-refractivity contribution in [3.8, 4) is 11.8 Å². The van der Waals surface area contributed by atoms with E-state index < -0.39 is 0 Å². The molecule has 8 nitrogen and oxygen atoms in total. The van der Waals surface area contributed by atoms with Crippen LogP contribution in [0.3, 0.4) is 0 Å². The SMILES string of the molecule is CC.COc1cccc(OCc2c(SC)cccc2N(C)N)n1.NNC=O. The number of methoxy groups -OCH3 is 1. The molecule has 27 heavy (non-hydrogen) atoms. The minimum Gasteiger partial charge on any atom is -0.481 e. The Morgan fingerprint density at radius 1 is 1.22 bits per heavy atom. The number of benzene rings is 1. The second kappa shape index (κ2) is 14.7. The second-order valence-corrected chi connectivity index (χ2v) is 5.51. The maximum Gasteiger partial charge on any atom is 0.221 e. The van der Waals surface area contributed by atoms with Gasteiger partial charge in [-0.05, 0) is 18.4 Å². The number of carbonyl (C=O) groups is 1. The molecule has 5 N–H and O–H groups in total. The number of nitrogens with zero attached hydrogens (tertiary/aromatic N) is 2. The number of thioether (sulfide) groups is 1. The number of carbonyl (C=O) groups excluding carboxylic acids is 1. The highest BCUT2D eigenvalue weighted by Crippen LogP contribution is 2.29. The predicted octanol–water partition coefficient (Wildman–Crippen LogP) is 2.33. The average molecular weight is 396 g/mol. The van der Waals surface area contributed by atoms with Gasteiger partial charge in [0.1, 0.15) is 6.61 Å². The fourth-order valence-electron chi connectivity index (χ4n) is 1.96. The largest absolute Gasteiger partial charge is 0.481 e. The maximum atomic E-state index is 8.94. The molecule has 1 aromatic carbocycles. The lowest BCUT2D eigenvalue weighted by molar-refractivity contribution is -0.109. The Kier molecular flexibility index (Phi) is 13.3. The second-order valence-electron chi connectivity index (χ2n) is 4.66. The van der Waals surface area contributed by atoms with Gasteiger partial charge in [0.25, 0.3) is 0 Å². The minimum atomic E-state index is 0.397. The molecule has 0 saturated carbocycles. The molecule has 1 heterocycles. The molecule has 9 heteroatoms. The zero-order valence-electron chi connectivity index (χ0n) is 16.4. The highest BCUT2D eigenvalue weighted by atomic mass is 32.2. The van der Waals surface area contributed by atoms with E-state index in [0.717, 1.165) is 16.1 Å². The number of anilines is 1. The Labute approximate surface area is 165 Å². The first-order valence-electron chi connectivity index (χ1n) is 8.25. The van der Waals surface area contributed by atoms with Crippen molar-refractivity contribution in [3.05, 3.63) is 42.0 Å². The summed E-state index contributed by atoms with van der Waals surface area (Å²) in [5.41, 5.74) is 3.73. The summed E-state index contributed by atoms with van der Waals surface area (Å²) in [6, 6.07) is 11.4. The molecule has 1 amide bonds. The molecule has 0 bridgehead atoms. The summed E-state index contributed by atoms with van der Waals surface area (Å²) in [5.74, 6) is 11.3. The number of hydrazine groups is 2. The number of amides is 1. The Morgan fingerprint density at radius 3 is 2.33 bits per heavy atom. The molecule has 0 atom stereocenters. The molecule has 0 radical (unpaired) electrons. The first-order valence-corrected chi connectivity index (χ1v) is 9.47. The van der Waals surface area contributed by atoms with Gasteiger partial charge in [-0.1, -0.05) is 26.0 Å². The summed E-state index contributed by atoms with van der Waals surface area (Å²) in [6.07, 6.45) is 2.43. The van der Waals surface area contributed by atoms with E-state index in [1.54, 1.807) is 41.4 Å². The lowest BCUT2D eigenvalue weighted by Crippen LogP contribution is -2.26. The van der Waals surface area contributed by atoms with Crippen LogP contribution in [0.4, 0.5) is 5.69 Å². The van der Waals surface area contributed by atoms with Crippen LogP contribution in [0.25, 0.3) is 0 Å². The smallest absolute Gasteiger partial charge is 0.221 e. The highest BCUT2D eigenvalue weighted by Gasteiger charge is 2.11. The molecule has 1 aromatic heterocycles. The van der Waals surface area contributed by atoms with Crippen LogP contribution in [0.2, 0.25) is 0 Å². The fourth-order valence-corrected chi connectivity index (χ4v) is 2.58. The van der Waals surface area contributed by atoms with Crippen LogP contribution in [-0.4, -0.2) is 31.8 Å². The van der Waals surface area contributed by atoms with Crippen molar-refractivity contribution in [2.45, 2.75) is 25.3 Å². The van der Waals surface area contributed by atoms with E-state index in [1.165, 1.54) is 0 Å². The lowest BCUT2D eigenvalue weighted by Gasteiger charge is -2.19. The molecular weight excluding hydrogens is 366 g/mol. The third-order valence-electron chi connectivity index (χ3n) is 3.05. The van der Waals surface area contributed by atoms with Gasteiger partial charge >= 0.3 is 0 Å². The van der Waals surface area contributed by atoms with Crippen molar-refractivity contribution in [2.24, 2.45) is 11.7 Å². The van der Waals surface area contributed by atoms with E-state index in [2.05, 4.69) is 16.9 Å². The number of pyridine rings is 1. The number of ether oxygens (including phenoxy) is 2. The van der Waals surface area contributed by atoms with Crippen LogP contribution >= 0.6 is 11.8 Å².